The summed E-state index contributed by atoms with van der Waals surface area (Å²) in [5.74, 6) is -1.09. The first-order valence-electron chi connectivity index (χ1n) is 8.00. The van der Waals surface area contributed by atoms with E-state index in [1.54, 1.807) is 12.1 Å². The number of benzene rings is 2. The van der Waals surface area contributed by atoms with Crippen molar-refractivity contribution in [1.82, 2.24) is 4.57 Å². The first kappa shape index (κ1) is 15.2. The Balaban J connectivity index is 1.73. The molecule has 0 amide bonds. The van der Waals surface area contributed by atoms with Gasteiger partial charge in [0.25, 0.3) is 0 Å². The minimum absolute atomic E-state index is 0.0893. The van der Waals surface area contributed by atoms with Gasteiger partial charge < -0.3 is 15.0 Å². The minimum atomic E-state index is -1.01. The van der Waals surface area contributed by atoms with Crippen molar-refractivity contribution >= 4 is 17.4 Å². The van der Waals surface area contributed by atoms with Gasteiger partial charge in [-0.05, 0) is 35.9 Å². The van der Waals surface area contributed by atoms with Crippen LogP contribution in [-0.2, 0) is 6.54 Å². The van der Waals surface area contributed by atoms with Crippen molar-refractivity contribution in [2.45, 2.75) is 12.6 Å². The highest BCUT2D eigenvalue weighted by molar-refractivity contribution is 6.03. The number of aromatic carboxylic acids is 1. The number of carboxylic acid groups (broad SMARTS) is 1. The molecule has 0 spiro atoms. The summed E-state index contributed by atoms with van der Waals surface area (Å²) >= 11 is 0. The van der Waals surface area contributed by atoms with E-state index in [9.17, 15) is 9.59 Å². The fraction of sp³-hybridized carbons (Fsp3) is 0.100. The molecule has 1 aromatic heterocycles. The van der Waals surface area contributed by atoms with E-state index >= 15 is 0 Å². The summed E-state index contributed by atoms with van der Waals surface area (Å²) in [7, 11) is 0. The van der Waals surface area contributed by atoms with E-state index in [2.05, 4.69) is 9.88 Å². The molecule has 2 heterocycles. The van der Waals surface area contributed by atoms with Gasteiger partial charge in [0.15, 0.2) is 5.78 Å². The zero-order chi connectivity index (χ0) is 17.4. The van der Waals surface area contributed by atoms with Crippen molar-refractivity contribution in [3.8, 4) is 0 Å². The smallest absolute Gasteiger partial charge is 0.335 e. The molecule has 0 fully saturated rings. The second kappa shape index (κ2) is 5.94. The average Bonchev–Trinajstić information content (AvgIpc) is 3.02. The number of ketones is 1. The van der Waals surface area contributed by atoms with E-state index in [1.807, 2.05) is 42.6 Å². The third kappa shape index (κ3) is 2.70. The van der Waals surface area contributed by atoms with E-state index in [1.165, 1.54) is 12.1 Å². The van der Waals surface area contributed by atoms with Crippen LogP contribution in [-0.4, -0.2) is 21.4 Å². The van der Waals surface area contributed by atoms with Crippen LogP contribution in [0.15, 0.2) is 66.9 Å². The monoisotopic (exact) mass is 332 g/mol. The van der Waals surface area contributed by atoms with Crippen LogP contribution in [0.1, 0.15) is 38.0 Å². The van der Waals surface area contributed by atoms with E-state index in [-0.39, 0.29) is 11.3 Å². The molecule has 25 heavy (non-hydrogen) atoms. The highest BCUT2D eigenvalue weighted by Gasteiger charge is 2.27. The van der Waals surface area contributed by atoms with Crippen LogP contribution in [0.3, 0.4) is 0 Å². The third-order valence-electron chi connectivity index (χ3n) is 4.50. The van der Waals surface area contributed by atoms with Crippen LogP contribution in [0, 0.1) is 0 Å². The number of fused-ring (bicyclic) bond motifs is 2. The SMILES string of the molecule is O=C(O)c1ccc(C(=O)C2Nc3ccccc3Cn3cccc32)cc1. The molecule has 4 rings (SSSR count). The van der Waals surface area contributed by atoms with Crippen LogP contribution in [0.25, 0.3) is 0 Å². The van der Waals surface area contributed by atoms with Crippen molar-refractivity contribution < 1.29 is 14.7 Å². The van der Waals surface area contributed by atoms with Gasteiger partial charge in [0, 0.05) is 29.7 Å². The molecule has 5 heteroatoms. The van der Waals surface area contributed by atoms with Gasteiger partial charge in [-0.25, -0.2) is 4.79 Å². The lowest BCUT2D eigenvalue weighted by atomic mass is 10.00. The third-order valence-corrected chi connectivity index (χ3v) is 4.50. The lowest BCUT2D eigenvalue weighted by molar-refractivity contribution is 0.0696. The quantitative estimate of drug-likeness (QED) is 0.719. The summed E-state index contributed by atoms with van der Waals surface area (Å²) in [6, 6.07) is 17.3. The number of hydrogen-bond donors (Lipinski definition) is 2. The van der Waals surface area contributed by atoms with Gasteiger partial charge in [0.1, 0.15) is 6.04 Å². The van der Waals surface area contributed by atoms with Gasteiger partial charge in [-0.3, -0.25) is 4.79 Å². The Morgan fingerprint density at radius 1 is 0.960 bits per heavy atom. The van der Waals surface area contributed by atoms with Crippen molar-refractivity contribution in [3.05, 3.63) is 89.2 Å². The summed E-state index contributed by atoms with van der Waals surface area (Å²) in [5, 5.41) is 12.4. The summed E-state index contributed by atoms with van der Waals surface area (Å²) in [4.78, 5) is 24.1. The number of nitrogens with zero attached hydrogens (tertiary/aromatic N) is 1. The number of Topliss-reactive ketones (excluding diaryl/α,β-unsaturated/α-hetero) is 1. The van der Waals surface area contributed by atoms with Crippen molar-refractivity contribution in [2.75, 3.05) is 5.32 Å². The molecule has 3 aromatic rings. The number of nitrogens with one attached hydrogen (secondary N) is 1. The van der Waals surface area contributed by atoms with E-state index in [4.69, 9.17) is 5.11 Å². The van der Waals surface area contributed by atoms with E-state index in [0.29, 0.717) is 12.1 Å². The first-order chi connectivity index (χ1) is 12.1. The summed E-state index contributed by atoms with van der Waals surface area (Å²) in [6.07, 6.45) is 1.97. The number of hydrogen-bond acceptors (Lipinski definition) is 3. The number of para-hydroxylation sites is 1. The number of carboxylic acids is 1. The van der Waals surface area contributed by atoms with Crippen LogP contribution in [0.4, 0.5) is 5.69 Å². The molecule has 2 N–H and O–H groups in total. The molecule has 1 atom stereocenters. The standard InChI is InChI=1S/C20H16N2O3/c23-19(13-7-9-14(10-8-13)20(24)25)18-17-6-3-11-22(17)12-15-4-1-2-5-16(15)21-18/h1-11,18,21H,12H2,(H,24,25). The molecule has 0 saturated carbocycles. The number of rotatable bonds is 3. The van der Waals surface area contributed by atoms with Gasteiger partial charge in [-0.2, -0.15) is 0 Å². The van der Waals surface area contributed by atoms with Crippen LogP contribution in [0.2, 0.25) is 0 Å². The second-order valence-corrected chi connectivity index (χ2v) is 6.04. The van der Waals surface area contributed by atoms with Crippen LogP contribution in [0.5, 0.6) is 0 Å². The van der Waals surface area contributed by atoms with Gasteiger partial charge in [-0.1, -0.05) is 30.3 Å². The molecule has 0 saturated heterocycles. The molecule has 0 aliphatic carbocycles. The van der Waals surface area contributed by atoms with Gasteiger partial charge in [0.05, 0.1) is 5.56 Å². The molecule has 1 unspecified atom stereocenters. The molecule has 0 bridgehead atoms. The predicted molar refractivity (Wildman–Crippen MR) is 94.1 cm³/mol. The Labute approximate surface area is 144 Å². The highest BCUT2D eigenvalue weighted by Crippen LogP contribution is 2.30. The first-order valence-corrected chi connectivity index (χ1v) is 8.00. The largest absolute Gasteiger partial charge is 0.478 e. The number of anilines is 1. The van der Waals surface area contributed by atoms with E-state index in [0.717, 1.165) is 16.9 Å². The summed E-state index contributed by atoms with van der Waals surface area (Å²) in [6.45, 7) is 0.702. The van der Waals surface area contributed by atoms with Crippen molar-refractivity contribution in [2.24, 2.45) is 0 Å². The molecule has 124 valence electrons. The molecule has 1 aliphatic heterocycles. The molecule has 2 aromatic carbocycles. The highest BCUT2D eigenvalue weighted by atomic mass is 16.4. The fourth-order valence-corrected chi connectivity index (χ4v) is 3.19. The van der Waals surface area contributed by atoms with Crippen molar-refractivity contribution in [1.29, 1.82) is 0 Å². The van der Waals surface area contributed by atoms with Crippen LogP contribution < -0.4 is 5.32 Å². The second-order valence-electron chi connectivity index (χ2n) is 6.04. The van der Waals surface area contributed by atoms with Crippen LogP contribution >= 0.6 is 0 Å². The number of carbonyl (C=O) groups is 2. The maximum Gasteiger partial charge on any atom is 0.335 e. The molecule has 0 radical (unpaired) electrons. The maximum atomic E-state index is 13.1. The van der Waals surface area contributed by atoms with Gasteiger partial charge >= 0.3 is 5.97 Å². The van der Waals surface area contributed by atoms with Crippen molar-refractivity contribution in [3.63, 3.8) is 0 Å². The Kier molecular flexibility index (Phi) is 3.61. The summed E-state index contributed by atoms with van der Waals surface area (Å²) < 4.78 is 2.06. The Hall–Kier alpha value is -3.34. The molecular weight excluding hydrogens is 316 g/mol. The zero-order valence-corrected chi connectivity index (χ0v) is 13.3. The lowest BCUT2D eigenvalue weighted by Gasteiger charge is -2.18. The molecule has 5 nitrogen and oxygen atoms in total. The Morgan fingerprint density at radius 2 is 1.68 bits per heavy atom. The maximum absolute atomic E-state index is 13.1. The Morgan fingerprint density at radius 3 is 2.44 bits per heavy atom. The van der Waals surface area contributed by atoms with Gasteiger partial charge in [-0.15, -0.1) is 0 Å². The number of carbonyl (C=O) groups excluding carboxylic acids is 1. The topological polar surface area (TPSA) is 71.3 Å². The average molecular weight is 332 g/mol. The van der Waals surface area contributed by atoms with Gasteiger partial charge in [0.2, 0.25) is 0 Å². The molecule has 1 aliphatic rings. The number of aromatic nitrogens is 1. The zero-order valence-electron chi connectivity index (χ0n) is 13.3. The van der Waals surface area contributed by atoms with E-state index < -0.39 is 12.0 Å². The lowest BCUT2D eigenvalue weighted by Crippen LogP contribution is -2.22. The molecular formula is C20H16N2O3. The normalized spacial score (nSPS) is 15.4. The summed E-state index contributed by atoms with van der Waals surface area (Å²) in [5.41, 5.74) is 3.60. The predicted octanol–water partition coefficient (Wildman–Crippen LogP) is 3.58. The minimum Gasteiger partial charge on any atom is -0.478 e. The Bertz CT molecular complexity index is 957. The fourth-order valence-electron chi connectivity index (χ4n) is 3.19.